The molecule has 1 fully saturated rings. The molecule has 3 aromatic carbocycles. The van der Waals surface area contributed by atoms with E-state index >= 15 is 0 Å². The maximum atomic E-state index is 12.1. The van der Waals surface area contributed by atoms with Crippen LogP contribution in [0.3, 0.4) is 0 Å². The maximum Gasteiger partial charge on any atom is 0.247 e. The van der Waals surface area contributed by atoms with Crippen LogP contribution < -0.4 is 20.1 Å². The number of ether oxygens (including phenoxy) is 2. The largest absolute Gasteiger partial charge is 0.488 e. The smallest absolute Gasteiger partial charge is 0.247 e. The Hall–Kier alpha value is -4.10. The van der Waals surface area contributed by atoms with Crippen molar-refractivity contribution < 1.29 is 14.3 Å². The Labute approximate surface area is 214 Å². The number of nitrogens with zero attached hydrogens (tertiary/aromatic N) is 2. The maximum absolute atomic E-state index is 12.1. The van der Waals surface area contributed by atoms with Gasteiger partial charge in [-0.2, -0.15) is 0 Å². The number of amides is 1. The van der Waals surface area contributed by atoms with Crippen molar-refractivity contribution in [2.24, 2.45) is 0 Å². The molecule has 1 aromatic heterocycles. The Kier molecular flexibility index (Phi) is 7.00. The number of halogens is 1. The summed E-state index contributed by atoms with van der Waals surface area (Å²) in [5, 5.41) is 7.33. The van der Waals surface area contributed by atoms with Gasteiger partial charge in [-0.25, -0.2) is 9.97 Å². The first-order valence-electron chi connectivity index (χ1n) is 11.8. The second kappa shape index (κ2) is 10.7. The number of hydrogen-bond donors (Lipinski definition) is 2. The van der Waals surface area contributed by atoms with Crippen molar-refractivity contribution in [2.75, 3.05) is 10.6 Å². The highest BCUT2D eigenvalue weighted by Gasteiger charge is 2.20. The van der Waals surface area contributed by atoms with E-state index in [1.807, 2.05) is 48.5 Å². The Morgan fingerprint density at radius 3 is 2.58 bits per heavy atom. The van der Waals surface area contributed by atoms with Crippen LogP contribution in [0.2, 0.25) is 5.02 Å². The van der Waals surface area contributed by atoms with Gasteiger partial charge in [0.15, 0.2) is 0 Å². The number of aromatic nitrogens is 2. The van der Waals surface area contributed by atoms with Gasteiger partial charge >= 0.3 is 0 Å². The number of fused-ring (bicyclic) bond motifs is 1. The monoisotopic (exact) mass is 500 g/mol. The molecule has 0 radical (unpaired) electrons. The van der Waals surface area contributed by atoms with Gasteiger partial charge in [0, 0.05) is 17.1 Å². The Morgan fingerprint density at radius 2 is 1.83 bits per heavy atom. The number of rotatable bonds is 8. The third-order valence-electron chi connectivity index (χ3n) is 5.94. The molecule has 0 bridgehead atoms. The molecule has 0 aliphatic heterocycles. The topological polar surface area (TPSA) is 85.4 Å². The van der Waals surface area contributed by atoms with E-state index in [0.29, 0.717) is 39.3 Å². The van der Waals surface area contributed by atoms with Crippen molar-refractivity contribution in [1.82, 2.24) is 9.97 Å². The summed E-state index contributed by atoms with van der Waals surface area (Å²) in [5.74, 6) is 2.07. The van der Waals surface area contributed by atoms with Crippen molar-refractivity contribution in [2.45, 2.75) is 31.8 Å². The molecule has 2 N–H and O–H groups in total. The Bertz CT molecular complexity index is 1410. The molecule has 5 rings (SSSR count). The normalized spacial score (nSPS) is 13.4. The summed E-state index contributed by atoms with van der Waals surface area (Å²) >= 11 is 6.49. The molecular formula is C28H25ClN4O3. The van der Waals surface area contributed by atoms with Crippen LogP contribution in [0.25, 0.3) is 10.9 Å². The van der Waals surface area contributed by atoms with Crippen molar-refractivity contribution >= 4 is 45.6 Å². The highest BCUT2D eigenvalue weighted by atomic mass is 35.5. The lowest BCUT2D eigenvalue weighted by Crippen LogP contribution is -2.14. The summed E-state index contributed by atoms with van der Waals surface area (Å²) in [4.78, 5) is 21.0. The van der Waals surface area contributed by atoms with E-state index in [4.69, 9.17) is 21.1 Å². The number of hydrogen-bond acceptors (Lipinski definition) is 6. The predicted molar refractivity (Wildman–Crippen MR) is 142 cm³/mol. The summed E-state index contributed by atoms with van der Waals surface area (Å²) in [7, 11) is 0. The summed E-state index contributed by atoms with van der Waals surface area (Å²) in [6.45, 7) is 3.55. The predicted octanol–water partition coefficient (Wildman–Crippen LogP) is 7.27. The van der Waals surface area contributed by atoms with Gasteiger partial charge in [-0.1, -0.05) is 36.4 Å². The average molecular weight is 501 g/mol. The van der Waals surface area contributed by atoms with Crippen molar-refractivity contribution in [3.05, 3.63) is 84.7 Å². The number of carbonyl (C=O) groups is 1. The van der Waals surface area contributed by atoms with Crippen LogP contribution in [0.4, 0.5) is 17.2 Å². The molecule has 7 nitrogen and oxygen atoms in total. The van der Waals surface area contributed by atoms with E-state index in [9.17, 15) is 4.79 Å². The molecule has 1 heterocycles. The van der Waals surface area contributed by atoms with Crippen molar-refractivity contribution in [3.63, 3.8) is 0 Å². The number of para-hydroxylation sites is 1. The Morgan fingerprint density at radius 1 is 1.03 bits per heavy atom. The second-order valence-electron chi connectivity index (χ2n) is 8.49. The number of carbonyl (C=O) groups excluding carboxylic acids is 1. The zero-order valence-electron chi connectivity index (χ0n) is 19.5. The average Bonchev–Trinajstić information content (AvgIpc) is 3.40. The van der Waals surface area contributed by atoms with E-state index in [-0.39, 0.29) is 12.0 Å². The standard InChI is InChI=1S/C28H25ClN4O3/c1-2-27(34)33-24-15-21-23(16-26(24)36-20-10-6-7-11-20)30-17-31-28(21)32-18-12-13-25(22(29)14-18)35-19-8-4-3-5-9-19/h2-5,8-9,12-17,20H,1,6-7,10-11H2,(H,33,34)(H,30,31,32). The molecule has 8 heteroatoms. The minimum absolute atomic E-state index is 0.125. The number of nitrogens with one attached hydrogen (secondary N) is 2. The van der Waals surface area contributed by atoms with E-state index in [0.717, 1.165) is 36.8 Å². The third-order valence-corrected chi connectivity index (χ3v) is 6.24. The minimum atomic E-state index is -0.322. The molecule has 0 unspecified atom stereocenters. The van der Waals surface area contributed by atoms with Gasteiger partial charge in [0.1, 0.15) is 29.4 Å². The highest BCUT2D eigenvalue weighted by Crippen LogP contribution is 2.37. The van der Waals surface area contributed by atoms with Crippen LogP contribution >= 0.6 is 11.6 Å². The second-order valence-corrected chi connectivity index (χ2v) is 8.90. The van der Waals surface area contributed by atoms with Crippen molar-refractivity contribution in [3.8, 4) is 17.2 Å². The van der Waals surface area contributed by atoms with E-state index in [1.54, 1.807) is 12.1 Å². The fourth-order valence-electron chi connectivity index (χ4n) is 4.16. The lowest BCUT2D eigenvalue weighted by atomic mass is 10.1. The third kappa shape index (κ3) is 5.42. The summed E-state index contributed by atoms with van der Waals surface area (Å²) in [6, 6.07) is 18.5. The van der Waals surface area contributed by atoms with Gasteiger partial charge in [0.25, 0.3) is 0 Å². The van der Waals surface area contributed by atoms with Gasteiger partial charge in [-0.05, 0) is 68.2 Å². The van der Waals surface area contributed by atoms with E-state index < -0.39 is 0 Å². The minimum Gasteiger partial charge on any atom is -0.488 e. The molecule has 1 saturated carbocycles. The zero-order chi connectivity index (χ0) is 24.9. The highest BCUT2D eigenvalue weighted by molar-refractivity contribution is 6.32. The molecule has 1 aliphatic rings. The van der Waals surface area contributed by atoms with E-state index in [1.165, 1.54) is 12.4 Å². The molecule has 36 heavy (non-hydrogen) atoms. The molecule has 1 amide bonds. The van der Waals surface area contributed by atoms with Crippen LogP contribution in [0, 0.1) is 0 Å². The summed E-state index contributed by atoms with van der Waals surface area (Å²) in [6.07, 6.45) is 7.11. The first-order chi connectivity index (χ1) is 17.6. The molecule has 1 aliphatic carbocycles. The van der Waals surface area contributed by atoms with Crippen LogP contribution in [0.15, 0.2) is 79.6 Å². The molecule has 0 atom stereocenters. The first-order valence-corrected chi connectivity index (χ1v) is 12.1. The van der Waals surface area contributed by atoms with Gasteiger partial charge in [-0.3, -0.25) is 4.79 Å². The number of anilines is 3. The van der Waals surface area contributed by atoms with Gasteiger partial charge < -0.3 is 20.1 Å². The summed E-state index contributed by atoms with van der Waals surface area (Å²) < 4.78 is 12.1. The summed E-state index contributed by atoms with van der Waals surface area (Å²) in [5.41, 5.74) is 1.96. The van der Waals surface area contributed by atoms with Gasteiger partial charge in [-0.15, -0.1) is 0 Å². The number of benzene rings is 3. The van der Waals surface area contributed by atoms with Crippen LogP contribution in [-0.4, -0.2) is 22.0 Å². The van der Waals surface area contributed by atoms with Crippen LogP contribution in [-0.2, 0) is 4.79 Å². The molecule has 4 aromatic rings. The molecule has 0 saturated heterocycles. The lowest BCUT2D eigenvalue weighted by molar-refractivity contribution is -0.111. The lowest BCUT2D eigenvalue weighted by Gasteiger charge is -2.18. The fourth-order valence-corrected chi connectivity index (χ4v) is 4.38. The molecular weight excluding hydrogens is 476 g/mol. The molecule has 182 valence electrons. The van der Waals surface area contributed by atoms with E-state index in [2.05, 4.69) is 27.2 Å². The van der Waals surface area contributed by atoms with Gasteiger partial charge in [0.05, 0.1) is 22.3 Å². The van der Waals surface area contributed by atoms with Crippen LogP contribution in [0.1, 0.15) is 25.7 Å². The van der Waals surface area contributed by atoms with Crippen molar-refractivity contribution in [1.29, 1.82) is 0 Å². The zero-order valence-corrected chi connectivity index (χ0v) is 20.3. The quantitative estimate of drug-likeness (QED) is 0.247. The molecule has 0 spiro atoms. The van der Waals surface area contributed by atoms with Crippen LogP contribution in [0.5, 0.6) is 17.2 Å². The first kappa shape index (κ1) is 23.6. The SMILES string of the molecule is C=CC(=O)Nc1cc2c(Nc3ccc(Oc4ccccc4)c(Cl)c3)ncnc2cc1OC1CCCC1. The van der Waals surface area contributed by atoms with Gasteiger partial charge in [0.2, 0.25) is 5.91 Å². The fraction of sp³-hybridized carbons (Fsp3) is 0.179. The Balaban J connectivity index is 1.44.